The van der Waals surface area contributed by atoms with Crippen molar-refractivity contribution in [3.05, 3.63) is 40.2 Å². The van der Waals surface area contributed by atoms with Crippen LogP contribution in [0.25, 0.3) is 0 Å². The van der Waals surface area contributed by atoms with Crippen LogP contribution in [0.3, 0.4) is 0 Å². The molecule has 1 saturated heterocycles. The van der Waals surface area contributed by atoms with Crippen LogP contribution < -0.4 is 10.1 Å². The van der Waals surface area contributed by atoms with E-state index in [2.05, 4.69) is 11.9 Å². The minimum absolute atomic E-state index is 0.0851. The van der Waals surface area contributed by atoms with Crippen LogP contribution in [0.15, 0.2) is 30.2 Å². The minimum Gasteiger partial charge on any atom is -0.482 e. The molecule has 132 valence electrons. The lowest BCUT2D eigenvalue weighted by atomic mass is 10.1. The molecule has 6 nitrogen and oxygen atoms in total. The summed E-state index contributed by atoms with van der Waals surface area (Å²) in [4.78, 5) is 11.9. The lowest BCUT2D eigenvalue weighted by molar-refractivity contribution is -0.124. The normalized spacial score (nSPS) is 16.6. The lowest BCUT2D eigenvalue weighted by Gasteiger charge is -2.30. The standard InChI is InChI=1S/C15H18Cl2N2O4S/c1-2-24(21,22)19-7-5-12(6-8-19)18-15(20)10-23-14-4-3-11(16)9-13(14)17/h2-4,9,12H,1,5-8,10H2,(H,18,20). The molecule has 0 saturated carbocycles. The number of ether oxygens (including phenoxy) is 1. The second-order valence-electron chi connectivity index (χ2n) is 5.32. The van der Waals surface area contributed by atoms with Crippen LogP contribution in [0.5, 0.6) is 5.75 Å². The zero-order valence-electron chi connectivity index (χ0n) is 12.9. The van der Waals surface area contributed by atoms with Crippen molar-refractivity contribution in [1.29, 1.82) is 0 Å². The molecule has 0 spiro atoms. The summed E-state index contributed by atoms with van der Waals surface area (Å²) in [5, 5.41) is 4.59. The van der Waals surface area contributed by atoms with Gasteiger partial charge in [-0.1, -0.05) is 29.8 Å². The first-order valence-corrected chi connectivity index (χ1v) is 9.57. The summed E-state index contributed by atoms with van der Waals surface area (Å²) in [6, 6.07) is 4.66. The number of piperidine rings is 1. The van der Waals surface area contributed by atoms with Gasteiger partial charge in [0.05, 0.1) is 5.02 Å². The van der Waals surface area contributed by atoms with E-state index in [1.54, 1.807) is 12.1 Å². The minimum atomic E-state index is -3.39. The Hall–Kier alpha value is -1.28. The Morgan fingerprint density at radius 2 is 2.04 bits per heavy atom. The molecule has 1 heterocycles. The molecule has 0 atom stereocenters. The van der Waals surface area contributed by atoms with Crippen molar-refractivity contribution < 1.29 is 17.9 Å². The topological polar surface area (TPSA) is 75.7 Å². The smallest absolute Gasteiger partial charge is 0.258 e. The molecule has 0 aliphatic carbocycles. The van der Waals surface area contributed by atoms with Gasteiger partial charge in [-0.3, -0.25) is 4.79 Å². The van der Waals surface area contributed by atoms with Gasteiger partial charge in [-0.15, -0.1) is 0 Å². The molecular formula is C15H18Cl2N2O4S. The van der Waals surface area contributed by atoms with Crippen LogP contribution in [0.1, 0.15) is 12.8 Å². The number of nitrogens with one attached hydrogen (secondary N) is 1. The van der Waals surface area contributed by atoms with E-state index in [0.717, 1.165) is 5.41 Å². The molecule has 0 unspecified atom stereocenters. The molecule has 1 aliphatic heterocycles. The number of sulfonamides is 1. The molecule has 2 rings (SSSR count). The number of hydrogen-bond donors (Lipinski definition) is 1. The Morgan fingerprint density at radius 1 is 1.38 bits per heavy atom. The zero-order valence-corrected chi connectivity index (χ0v) is 15.2. The fraction of sp³-hybridized carbons (Fsp3) is 0.400. The summed E-state index contributed by atoms with van der Waals surface area (Å²) >= 11 is 11.8. The maximum absolute atomic E-state index is 11.9. The van der Waals surface area contributed by atoms with Gasteiger partial charge in [-0.25, -0.2) is 8.42 Å². The number of hydrogen-bond acceptors (Lipinski definition) is 4. The number of rotatable bonds is 6. The molecule has 1 N–H and O–H groups in total. The second-order valence-corrected chi connectivity index (χ2v) is 8.04. The Kier molecular flexibility index (Phi) is 6.51. The molecule has 9 heteroatoms. The lowest BCUT2D eigenvalue weighted by Crippen LogP contribution is -2.47. The van der Waals surface area contributed by atoms with Gasteiger partial charge < -0.3 is 10.1 Å². The van der Waals surface area contributed by atoms with Crippen molar-refractivity contribution >= 4 is 39.1 Å². The monoisotopic (exact) mass is 392 g/mol. The molecule has 1 fully saturated rings. The summed E-state index contributed by atoms with van der Waals surface area (Å²) in [5.41, 5.74) is 0. The molecule has 0 bridgehead atoms. The quantitative estimate of drug-likeness (QED) is 0.806. The number of nitrogens with zero attached hydrogens (tertiary/aromatic N) is 1. The van der Waals surface area contributed by atoms with Crippen molar-refractivity contribution in [2.45, 2.75) is 18.9 Å². The highest BCUT2D eigenvalue weighted by molar-refractivity contribution is 7.92. The third-order valence-corrected chi connectivity index (χ3v) is 5.68. The number of benzene rings is 1. The van der Waals surface area contributed by atoms with Crippen molar-refractivity contribution in [2.24, 2.45) is 0 Å². The molecular weight excluding hydrogens is 375 g/mol. The van der Waals surface area contributed by atoms with E-state index in [-0.39, 0.29) is 18.6 Å². The Labute approximate surface area is 151 Å². The second kappa shape index (κ2) is 8.20. The van der Waals surface area contributed by atoms with Crippen LogP contribution in [0.2, 0.25) is 10.0 Å². The first-order chi connectivity index (χ1) is 11.3. The first-order valence-electron chi connectivity index (χ1n) is 7.31. The SMILES string of the molecule is C=CS(=O)(=O)N1CCC(NC(=O)COc2ccc(Cl)cc2Cl)CC1. The molecule has 1 amide bonds. The first kappa shape index (κ1) is 19.1. The molecule has 1 aromatic rings. The fourth-order valence-electron chi connectivity index (χ4n) is 2.36. The van der Waals surface area contributed by atoms with Crippen molar-refractivity contribution in [3.63, 3.8) is 0 Å². The summed E-state index contributed by atoms with van der Waals surface area (Å²) in [5.74, 6) is 0.0918. The van der Waals surface area contributed by atoms with Crippen molar-refractivity contribution in [3.8, 4) is 5.75 Å². The van der Waals surface area contributed by atoms with Gasteiger partial charge in [0.25, 0.3) is 5.91 Å². The van der Waals surface area contributed by atoms with E-state index < -0.39 is 10.0 Å². The highest BCUT2D eigenvalue weighted by atomic mass is 35.5. The Bertz CT molecular complexity index is 716. The van der Waals surface area contributed by atoms with E-state index in [4.69, 9.17) is 27.9 Å². The van der Waals surface area contributed by atoms with Gasteiger partial charge in [0, 0.05) is 29.6 Å². The van der Waals surface area contributed by atoms with E-state index in [9.17, 15) is 13.2 Å². The number of halogens is 2. The summed E-state index contributed by atoms with van der Waals surface area (Å²) in [6.07, 6.45) is 1.08. The highest BCUT2D eigenvalue weighted by Crippen LogP contribution is 2.27. The Morgan fingerprint density at radius 3 is 2.62 bits per heavy atom. The molecule has 0 aromatic heterocycles. The number of amides is 1. The predicted molar refractivity (Wildman–Crippen MR) is 93.8 cm³/mol. The van der Waals surface area contributed by atoms with Gasteiger partial charge in [-0.05, 0) is 31.0 Å². The maximum Gasteiger partial charge on any atom is 0.258 e. The van der Waals surface area contributed by atoms with Crippen LogP contribution in [0.4, 0.5) is 0 Å². The molecule has 0 radical (unpaired) electrons. The van der Waals surface area contributed by atoms with E-state index in [0.29, 0.717) is 41.7 Å². The number of carbonyl (C=O) groups excluding carboxylic acids is 1. The van der Waals surface area contributed by atoms with Gasteiger partial charge in [0.15, 0.2) is 6.61 Å². The van der Waals surface area contributed by atoms with Crippen LogP contribution in [-0.4, -0.2) is 44.4 Å². The fourth-order valence-corrected chi connectivity index (χ4v) is 3.76. The zero-order chi connectivity index (χ0) is 17.7. The van der Waals surface area contributed by atoms with Crippen LogP contribution in [0, 0.1) is 0 Å². The molecule has 1 aromatic carbocycles. The molecule has 24 heavy (non-hydrogen) atoms. The van der Waals surface area contributed by atoms with Gasteiger partial charge >= 0.3 is 0 Å². The average Bonchev–Trinajstić information content (AvgIpc) is 2.54. The predicted octanol–water partition coefficient (Wildman–Crippen LogP) is 2.43. The van der Waals surface area contributed by atoms with Crippen LogP contribution >= 0.6 is 23.2 Å². The summed E-state index contributed by atoms with van der Waals surface area (Å²) in [6.45, 7) is 3.83. The van der Waals surface area contributed by atoms with Crippen molar-refractivity contribution in [1.82, 2.24) is 9.62 Å². The van der Waals surface area contributed by atoms with Crippen LogP contribution in [-0.2, 0) is 14.8 Å². The van der Waals surface area contributed by atoms with E-state index in [1.807, 2.05) is 0 Å². The number of carbonyl (C=O) groups is 1. The van der Waals surface area contributed by atoms with E-state index in [1.165, 1.54) is 10.4 Å². The average molecular weight is 393 g/mol. The summed E-state index contributed by atoms with van der Waals surface area (Å²) < 4.78 is 30.1. The molecule has 1 aliphatic rings. The largest absolute Gasteiger partial charge is 0.482 e. The Balaban J connectivity index is 1.78. The highest BCUT2D eigenvalue weighted by Gasteiger charge is 2.26. The van der Waals surface area contributed by atoms with Gasteiger partial charge in [0.2, 0.25) is 10.0 Å². The third-order valence-electron chi connectivity index (χ3n) is 3.64. The van der Waals surface area contributed by atoms with Gasteiger partial charge in [-0.2, -0.15) is 4.31 Å². The maximum atomic E-state index is 11.9. The summed E-state index contributed by atoms with van der Waals surface area (Å²) in [7, 11) is -3.39. The van der Waals surface area contributed by atoms with Crippen molar-refractivity contribution in [2.75, 3.05) is 19.7 Å². The van der Waals surface area contributed by atoms with E-state index >= 15 is 0 Å². The third kappa shape index (κ3) is 5.11. The van der Waals surface area contributed by atoms with Gasteiger partial charge in [0.1, 0.15) is 5.75 Å².